The molecule has 2 heterocycles. The first-order valence-electron chi connectivity index (χ1n) is 7.99. The number of H-pyrrole nitrogens is 1. The topological polar surface area (TPSA) is 97.7 Å². The first kappa shape index (κ1) is 17.2. The van der Waals surface area contributed by atoms with Crippen molar-refractivity contribution in [3.05, 3.63) is 53.5 Å². The molecule has 0 spiro atoms. The number of hydrogen-bond donors (Lipinski definition) is 2. The normalized spacial score (nSPS) is 11.2. The molecule has 3 aromatic rings. The van der Waals surface area contributed by atoms with Gasteiger partial charge in [0.15, 0.2) is 0 Å². The number of nitrogens with one attached hydrogen (secondary N) is 2. The third-order valence-electron chi connectivity index (χ3n) is 3.95. The molecule has 1 aromatic carbocycles. The Hall–Kier alpha value is -3.66. The van der Waals surface area contributed by atoms with Crippen molar-refractivity contribution in [2.45, 2.75) is 6.92 Å². The van der Waals surface area contributed by atoms with Gasteiger partial charge in [-0.15, -0.1) is 0 Å². The Bertz CT molecular complexity index is 1040. The molecule has 2 aromatic heterocycles. The standard InChI is InChI=1S/C19H18N6O/c1-12-4-5-15(9-13(12)8-14(10-20)19(26)25(2)3)24-18-16-6-7-21-17(16)22-11-23-18/h4-9,11H,1-3H3,(H2,21,22,23,24)/b14-8+. The maximum absolute atomic E-state index is 12.1. The minimum Gasteiger partial charge on any atom is -0.346 e. The van der Waals surface area contributed by atoms with Gasteiger partial charge in [0.2, 0.25) is 0 Å². The molecular weight excluding hydrogens is 328 g/mol. The van der Waals surface area contributed by atoms with Crippen LogP contribution in [0.2, 0.25) is 0 Å². The van der Waals surface area contributed by atoms with Gasteiger partial charge in [0, 0.05) is 26.0 Å². The molecule has 3 rings (SSSR count). The van der Waals surface area contributed by atoms with Crippen molar-refractivity contribution in [1.82, 2.24) is 19.9 Å². The summed E-state index contributed by atoms with van der Waals surface area (Å²) in [4.78, 5) is 25.0. The lowest BCUT2D eigenvalue weighted by molar-refractivity contribution is -0.124. The number of carbonyl (C=O) groups excluding carboxylic acids is 1. The summed E-state index contributed by atoms with van der Waals surface area (Å²) in [6, 6.07) is 9.61. The van der Waals surface area contributed by atoms with Crippen molar-refractivity contribution >= 4 is 34.5 Å². The molecule has 0 aliphatic rings. The highest BCUT2D eigenvalue weighted by atomic mass is 16.2. The number of amides is 1. The smallest absolute Gasteiger partial charge is 0.264 e. The number of carbonyl (C=O) groups is 1. The maximum Gasteiger partial charge on any atom is 0.264 e. The number of nitrogens with zero attached hydrogens (tertiary/aromatic N) is 4. The van der Waals surface area contributed by atoms with Gasteiger partial charge in [-0.05, 0) is 42.3 Å². The molecule has 0 bridgehead atoms. The van der Waals surface area contributed by atoms with Gasteiger partial charge in [0.05, 0.1) is 5.39 Å². The molecule has 0 radical (unpaired) electrons. The van der Waals surface area contributed by atoms with E-state index in [-0.39, 0.29) is 11.5 Å². The predicted octanol–water partition coefficient (Wildman–Crippen LogP) is 3.01. The summed E-state index contributed by atoms with van der Waals surface area (Å²) in [5, 5.41) is 13.4. The van der Waals surface area contributed by atoms with Crippen LogP contribution >= 0.6 is 0 Å². The van der Waals surface area contributed by atoms with Crippen LogP contribution < -0.4 is 5.32 Å². The highest BCUT2D eigenvalue weighted by molar-refractivity contribution is 6.01. The van der Waals surface area contributed by atoms with E-state index in [9.17, 15) is 10.1 Å². The third-order valence-corrected chi connectivity index (χ3v) is 3.95. The Kier molecular flexibility index (Phi) is 4.67. The largest absolute Gasteiger partial charge is 0.346 e. The zero-order valence-electron chi connectivity index (χ0n) is 14.7. The lowest BCUT2D eigenvalue weighted by atomic mass is 10.0. The summed E-state index contributed by atoms with van der Waals surface area (Å²) >= 11 is 0. The zero-order chi connectivity index (χ0) is 18.7. The van der Waals surface area contributed by atoms with Gasteiger partial charge in [-0.2, -0.15) is 5.26 Å². The monoisotopic (exact) mass is 346 g/mol. The second-order valence-corrected chi connectivity index (χ2v) is 6.03. The van der Waals surface area contributed by atoms with Crippen LogP contribution in [0.1, 0.15) is 11.1 Å². The van der Waals surface area contributed by atoms with Crippen LogP contribution in [-0.4, -0.2) is 39.9 Å². The van der Waals surface area contributed by atoms with Gasteiger partial charge in [-0.25, -0.2) is 9.97 Å². The predicted molar refractivity (Wildman–Crippen MR) is 101 cm³/mol. The highest BCUT2D eigenvalue weighted by Crippen LogP contribution is 2.25. The molecule has 0 aliphatic heterocycles. The van der Waals surface area contributed by atoms with Crippen LogP contribution in [-0.2, 0) is 4.79 Å². The number of nitriles is 1. The molecule has 7 nitrogen and oxygen atoms in total. The molecular formula is C19H18N6O. The van der Waals surface area contributed by atoms with Gasteiger partial charge in [0.1, 0.15) is 29.4 Å². The van der Waals surface area contributed by atoms with E-state index in [0.29, 0.717) is 5.82 Å². The van der Waals surface area contributed by atoms with E-state index in [1.54, 1.807) is 26.4 Å². The molecule has 0 saturated heterocycles. The second-order valence-electron chi connectivity index (χ2n) is 6.03. The summed E-state index contributed by atoms with van der Waals surface area (Å²) in [5.74, 6) is 0.356. The number of benzene rings is 1. The van der Waals surface area contributed by atoms with Gasteiger partial charge < -0.3 is 15.2 Å². The van der Waals surface area contributed by atoms with E-state index < -0.39 is 0 Å². The van der Waals surface area contributed by atoms with Crippen molar-refractivity contribution in [3.63, 3.8) is 0 Å². The summed E-state index contributed by atoms with van der Waals surface area (Å²) in [7, 11) is 3.24. The molecule has 1 amide bonds. The van der Waals surface area contributed by atoms with Crippen LogP contribution in [0.25, 0.3) is 17.1 Å². The number of aromatic nitrogens is 3. The zero-order valence-corrected chi connectivity index (χ0v) is 14.7. The fourth-order valence-corrected chi connectivity index (χ4v) is 2.52. The molecule has 0 aliphatic carbocycles. The highest BCUT2D eigenvalue weighted by Gasteiger charge is 2.12. The summed E-state index contributed by atoms with van der Waals surface area (Å²) in [6.45, 7) is 1.93. The lowest BCUT2D eigenvalue weighted by Crippen LogP contribution is -2.22. The lowest BCUT2D eigenvalue weighted by Gasteiger charge is -2.11. The van der Waals surface area contributed by atoms with Crippen molar-refractivity contribution in [1.29, 1.82) is 5.26 Å². The number of likely N-dealkylation sites (N-methyl/N-ethyl adjacent to an activating group) is 1. The summed E-state index contributed by atoms with van der Waals surface area (Å²) in [6.07, 6.45) is 4.90. The van der Waals surface area contributed by atoms with Gasteiger partial charge in [0.25, 0.3) is 5.91 Å². The van der Waals surface area contributed by atoms with E-state index in [0.717, 1.165) is 27.8 Å². The van der Waals surface area contributed by atoms with E-state index in [2.05, 4.69) is 20.3 Å². The Morgan fingerprint density at radius 2 is 2.12 bits per heavy atom. The van der Waals surface area contributed by atoms with E-state index >= 15 is 0 Å². The first-order chi connectivity index (χ1) is 12.5. The first-order valence-corrected chi connectivity index (χ1v) is 7.99. The number of hydrogen-bond acceptors (Lipinski definition) is 5. The fraction of sp³-hybridized carbons (Fsp3) is 0.158. The van der Waals surface area contributed by atoms with Crippen LogP contribution in [0.15, 0.2) is 42.4 Å². The van der Waals surface area contributed by atoms with E-state index in [4.69, 9.17) is 0 Å². The van der Waals surface area contributed by atoms with Crippen molar-refractivity contribution in [2.75, 3.05) is 19.4 Å². The Balaban J connectivity index is 1.97. The molecule has 130 valence electrons. The third kappa shape index (κ3) is 3.39. The van der Waals surface area contributed by atoms with Gasteiger partial charge in [-0.1, -0.05) is 6.07 Å². The Morgan fingerprint density at radius 1 is 1.31 bits per heavy atom. The number of aryl methyl sites for hydroxylation is 1. The van der Waals surface area contributed by atoms with Crippen LogP contribution in [0.5, 0.6) is 0 Å². The number of fused-ring (bicyclic) bond motifs is 1. The van der Waals surface area contributed by atoms with Gasteiger partial charge >= 0.3 is 0 Å². The molecule has 0 fully saturated rings. The SMILES string of the molecule is Cc1ccc(Nc2ncnc3[nH]ccc23)cc1/C=C(\C#N)C(=O)N(C)C. The van der Waals surface area contributed by atoms with Crippen LogP contribution in [0.3, 0.4) is 0 Å². The van der Waals surface area contributed by atoms with Gasteiger partial charge in [-0.3, -0.25) is 4.79 Å². The quantitative estimate of drug-likeness (QED) is 0.559. The number of rotatable bonds is 4. The van der Waals surface area contributed by atoms with Crippen molar-refractivity contribution in [2.24, 2.45) is 0 Å². The van der Waals surface area contributed by atoms with E-state index in [1.165, 1.54) is 11.2 Å². The summed E-state index contributed by atoms with van der Waals surface area (Å²) in [5.41, 5.74) is 3.39. The van der Waals surface area contributed by atoms with E-state index in [1.807, 2.05) is 37.3 Å². The van der Waals surface area contributed by atoms with Crippen molar-refractivity contribution < 1.29 is 4.79 Å². The number of anilines is 2. The Morgan fingerprint density at radius 3 is 2.85 bits per heavy atom. The average Bonchev–Trinajstić information content (AvgIpc) is 3.11. The summed E-state index contributed by atoms with van der Waals surface area (Å²) < 4.78 is 0. The molecule has 2 N–H and O–H groups in total. The minimum atomic E-state index is -0.324. The maximum atomic E-state index is 12.1. The molecule has 7 heteroatoms. The molecule has 26 heavy (non-hydrogen) atoms. The van der Waals surface area contributed by atoms with Crippen LogP contribution in [0, 0.1) is 18.3 Å². The fourth-order valence-electron chi connectivity index (χ4n) is 2.52. The molecule has 0 unspecified atom stereocenters. The Labute approximate surface area is 151 Å². The van der Waals surface area contributed by atoms with Crippen molar-refractivity contribution in [3.8, 4) is 6.07 Å². The number of aromatic amines is 1. The van der Waals surface area contributed by atoms with Crippen LogP contribution in [0.4, 0.5) is 11.5 Å². The molecule has 0 atom stereocenters. The minimum absolute atomic E-state index is 0.0883. The second kappa shape index (κ2) is 7.07. The molecule has 0 saturated carbocycles. The average molecular weight is 346 g/mol.